The zero-order chi connectivity index (χ0) is 36.5. The molecule has 0 fully saturated rings. The van der Waals surface area contributed by atoms with Gasteiger partial charge in [0.25, 0.3) is 0 Å². The zero-order valence-corrected chi connectivity index (χ0v) is 26.8. The van der Waals surface area contributed by atoms with Gasteiger partial charge < -0.3 is 38.6 Å². The van der Waals surface area contributed by atoms with Crippen LogP contribution in [-0.4, -0.2) is 72.8 Å². The van der Waals surface area contributed by atoms with E-state index >= 15 is 0 Å². The van der Waals surface area contributed by atoms with Gasteiger partial charge in [-0.2, -0.15) is 0 Å². The minimum atomic E-state index is -1.24. The lowest BCUT2D eigenvalue weighted by Crippen LogP contribution is -2.12. The van der Waals surface area contributed by atoms with Crippen LogP contribution >= 0.6 is 0 Å². The van der Waals surface area contributed by atoms with Gasteiger partial charge in [-0.3, -0.25) is 0 Å². The summed E-state index contributed by atoms with van der Waals surface area (Å²) in [6, 6.07) is 14.1. The number of hydrogen-bond acceptors (Lipinski definition) is 12. The largest absolute Gasteiger partial charge is 0.513 e. The molecule has 0 aliphatic heterocycles. The van der Waals surface area contributed by atoms with Gasteiger partial charge >= 0.3 is 36.2 Å². The monoisotopic (exact) mass is 690 g/mol. The van der Waals surface area contributed by atoms with Gasteiger partial charge in [-0.15, -0.1) is 0 Å². The van der Waals surface area contributed by atoms with Crippen LogP contribution in [0.5, 0.6) is 11.5 Å². The molecule has 3 aromatic rings. The minimum Gasteiger partial charge on any atom is -0.478 e. The molecule has 0 saturated carbocycles. The summed E-state index contributed by atoms with van der Waals surface area (Å²) in [7, 11) is 0. The van der Waals surface area contributed by atoms with E-state index in [-0.39, 0.29) is 60.2 Å². The van der Waals surface area contributed by atoms with E-state index in [0.29, 0.717) is 36.8 Å². The van der Waals surface area contributed by atoms with Gasteiger partial charge in [0, 0.05) is 12.2 Å². The van der Waals surface area contributed by atoms with Crippen molar-refractivity contribution in [3.05, 3.63) is 97.1 Å². The Morgan fingerprint density at radius 2 is 0.860 bits per heavy atom. The summed E-state index contributed by atoms with van der Waals surface area (Å²) in [6.45, 7) is 6.84. The van der Waals surface area contributed by atoms with Crippen LogP contribution in [0, 0.1) is 0 Å². The summed E-state index contributed by atoms with van der Waals surface area (Å²) >= 11 is 0. The zero-order valence-electron chi connectivity index (χ0n) is 26.8. The lowest BCUT2D eigenvalue weighted by Gasteiger charge is -2.13. The Bertz CT molecular complexity index is 1600. The Hall–Kier alpha value is -6.44. The Labute approximate surface area is 286 Å². The molecule has 0 aliphatic rings. The molecular formula is C36H34O14. The minimum absolute atomic E-state index is 0.00560. The molecule has 14 nitrogen and oxygen atoms in total. The van der Waals surface area contributed by atoms with E-state index in [1.165, 1.54) is 36.4 Å². The molecule has 0 spiro atoms. The number of esters is 2. The predicted molar refractivity (Wildman–Crippen MR) is 176 cm³/mol. The normalized spacial score (nSPS) is 10.2. The van der Waals surface area contributed by atoms with E-state index in [0.717, 1.165) is 12.2 Å². The summed E-state index contributed by atoms with van der Waals surface area (Å²) in [5.74, 6) is -3.56. The van der Waals surface area contributed by atoms with Crippen molar-refractivity contribution in [1.29, 1.82) is 0 Å². The average molecular weight is 691 g/mol. The summed E-state index contributed by atoms with van der Waals surface area (Å²) in [6.07, 6.45) is 1.73. The summed E-state index contributed by atoms with van der Waals surface area (Å²) in [4.78, 5) is 70.5. The molecule has 0 amide bonds. The maximum Gasteiger partial charge on any atom is 0.513 e. The van der Waals surface area contributed by atoms with Crippen molar-refractivity contribution in [1.82, 2.24) is 0 Å². The van der Waals surface area contributed by atoms with Crippen molar-refractivity contribution in [3.8, 4) is 33.8 Å². The first-order chi connectivity index (χ1) is 24.0. The van der Waals surface area contributed by atoms with Gasteiger partial charge in [-0.1, -0.05) is 37.4 Å². The number of hydrogen-bond donors (Lipinski definition) is 2. The molecule has 0 heterocycles. The van der Waals surface area contributed by atoms with Crippen LogP contribution in [0.25, 0.3) is 22.3 Å². The van der Waals surface area contributed by atoms with Gasteiger partial charge in [0.05, 0.1) is 37.6 Å². The number of unbranched alkanes of at least 4 members (excludes halogenated alkanes) is 2. The number of carboxylic acid groups (broad SMARTS) is 2. The first-order valence-corrected chi connectivity index (χ1v) is 15.2. The third-order valence-corrected chi connectivity index (χ3v) is 6.69. The second-order valence-corrected chi connectivity index (χ2v) is 10.2. The molecule has 2 N–H and O–H groups in total. The Balaban J connectivity index is 1.69. The van der Waals surface area contributed by atoms with E-state index in [2.05, 4.69) is 13.2 Å². The number of carboxylic acids is 2. The van der Waals surface area contributed by atoms with E-state index in [1.807, 2.05) is 0 Å². The van der Waals surface area contributed by atoms with E-state index < -0.39 is 36.2 Å². The first kappa shape index (κ1) is 38.0. The van der Waals surface area contributed by atoms with E-state index in [4.69, 9.17) is 28.4 Å². The van der Waals surface area contributed by atoms with Crippen LogP contribution < -0.4 is 9.47 Å². The van der Waals surface area contributed by atoms with Gasteiger partial charge in [-0.25, -0.2) is 28.8 Å². The summed E-state index contributed by atoms with van der Waals surface area (Å²) in [5, 5.41) is 19.6. The molecule has 14 heteroatoms. The molecule has 0 aromatic heterocycles. The number of ether oxygens (including phenoxy) is 6. The van der Waals surface area contributed by atoms with E-state index in [9.17, 15) is 39.0 Å². The second-order valence-electron chi connectivity index (χ2n) is 10.2. The maximum absolute atomic E-state index is 12.2. The van der Waals surface area contributed by atoms with E-state index in [1.54, 1.807) is 24.3 Å². The molecule has 0 saturated heterocycles. The van der Waals surface area contributed by atoms with Crippen molar-refractivity contribution < 1.29 is 67.4 Å². The molecule has 0 unspecified atom stereocenters. The summed E-state index contributed by atoms with van der Waals surface area (Å²) < 4.78 is 30.2. The maximum atomic E-state index is 12.2. The highest BCUT2D eigenvalue weighted by molar-refractivity contribution is 5.98. The van der Waals surface area contributed by atoms with Crippen molar-refractivity contribution >= 4 is 36.2 Å². The van der Waals surface area contributed by atoms with Crippen LogP contribution in [-0.2, 0) is 28.5 Å². The Morgan fingerprint density at radius 1 is 0.520 bits per heavy atom. The molecule has 0 radical (unpaired) electrons. The molecule has 3 rings (SSSR count). The van der Waals surface area contributed by atoms with Crippen LogP contribution in [0.3, 0.4) is 0 Å². The Morgan fingerprint density at radius 3 is 1.18 bits per heavy atom. The predicted octanol–water partition coefficient (Wildman–Crippen LogP) is 6.47. The molecular weight excluding hydrogens is 656 g/mol. The smallest absolute Gasteiger partial charge is 0.478 e. The molecule has 0 bridgehead atoms. The van der Waals surface area contributed by atoms with Crippen molar-refractivity contribution in [2.75, 3.05) is 26.4 Å². The van der Waals surface area contributed by atoms with Crippen molar-refractivity contribution in [3.63, 3.8) is 0 Å². The number of carbonyl (C=O) groups is 6. The van der Waals surface area contributed by atoms with Gasteiger partial charge in [0.15, 0.2) is 0 Å². The number of aromatic carboxylic acids is 2. The highest BCUT2D eigenvalue weighted by Gasteiger charge is 2.18. The van der Waals surface area contributed by atoms with Gasteiger partial charge in [0.2, 0.25) is 0 Å². The fraction of sp³-hybridized carbons (Fsp3) is 0.222. The third kappa shape index (κ3) is 12.0. The van der Waals surface area contributed by atoms with Crippen LogP contribution in [0.1, 0.15) is 46.4 Å². The van der Waals surface area contributed by atoms with Crippen molar-refractivity contribution in [2.24, 2.45) is 0 Å². The lowest BCUT2D eigenvalue weighted by molar-refractivity contribution is -0.138. The molecule has 50 heavy (non-hydrogen) atoms. The van der Waals surface area contributed by atoms with Crippen molar-refractivity contribution in [2.45, 2.75) is 25.7 Å². The quantitative estimate of drug-likeness (QED) is 0.0484. The summed E-state index contributed by atoms with van der Waals surface area (Å²) in [5.41, 5.74) is 1.04. The highest BCUT2D eigenvalue weighted by atomic mass is 16.7. The number of benzene rings is 3. The first-order valence-electron chi connectivity index (χ1n) is 15.2. The fourth-order valence-electron chi connectivity index (χ4n) is 4.29. The number of rotatable bonds is 18. The second kappa shape index (κ2) is 19.4. The SMILES string of the molecule is C=CC(=O)OCCCCOC(=O)Oc1ccc(C(=O)O)c(-c2ccc(-c3cc(OC(=O)OCCCCOC(=O)C=C)ccc3C(=O)O)cc2)c1. The van der Waals surface area contributed by atoms with Crippen LogP contribution in [0.4, 0.5) is 9.59 Å². The third-order valence-electron chi connectivity index (χ3n) is 6.69. The Kier molecular flexibility index (Phi) is 14.7. The molecule has 0 atom stereocenters. The van der Waals surface area contributed by atoms with Crippen LogP contribution in [0.15, 0.2) is 86.0 Å². The highest BCUT2D eigenvalue weighted by Crippen LogP contribution is 2.33. The lowest BCUT2D eigenvalue weighted by atomic mass is 9.94. The van der Waals surface area contributed by atoms with Crippen LogP contribution in [0.2, 0.25) is 0 Å². The molecule has 3 aromatic carbocycles. The average Bonchev–Trinajstić information content (AvgIpc) is 3.10. The van der Waals surface area contributed by atoms with Gasteiger partial charge in [0.1, 0.15) is 11.5 Å². The fourth-order valence-corrected chi connectivity index (χ4v) is 4.29. The topological polar surface area (TPSA) is 198 Å². The molecule has 262 valence electrons. The number of carbonyl (C=O) groups excluding carboxylic acids is 4. The molecule has 0 aliphatic carbocycles. The standard InChI is InChI=1S/C36H34O14/c1-3-31(37)45-17-5-7-19-47-35(43)49-25-13-15-27(33(39)40)29(21-25)23-9-11-24(12-10-23)30-22-26(14-16-28(30)34(41)42)50-36(44)48-20-8-6-18-46-32(38)4-2/h3-4,9-16,21-22H,1-2,5-8,17-20H2,(H,39,40)(H,41,42). The van der Waals surface area contributed by atoms with Gasteiger partial charge in [-0.05, 0) is 84.3 Å².